The lowest BCUT2D eigenvalue weighted by molar-refractivity contribution is -0.384. The maximum absolute atomic E-state index is 13.0. The quantitative estimate of drug-likeness (QED) is 0.673. The number of carbonyl (C=O) groups excluding carboxylic acids is 1. The summed E-state index contributed by atoms with van der Waals surface area (Å²) in [7, 11) is 0. The van der Waals surface area contributed by atoms with Gasteiger partial charge in [0, 0.05) is 41.7 Å². The Hall–Kier alpha value is -2.32. The number of hydrogen-bond donors (Lipinski definition) is 1. The summed E-state index contributed by atoms with van der Waals surface area (Å²) < 4.78 is 0. The van der Waals surface area contributed by atoms with Crippen LogP contribution in [0.2, 0.25) is 0 Å². The van der Waals surface area contributed by atoms with Crippen molar-refractivity contribution in [2.75, 3.05) is 13.1 Å². The molecule has 25 heavy (non-hydrogen) atoms. The summed E-state index contributed by atoms with van der Waals surface area (Å²) in [5.74, 6) is 0.000566. The minimum atomic E-state index is -0.427. The molecule has 2 aliphatic heterocycles. The Morgan fingerprint density at radius 3 is 2.76 bits per heavy atom. The van der Waals surface area contributed by atoms with E-state index in [4.69, 9.17) is 0 Å². The van der Waals surface area contributed by atoms with E-state index < -0.39 is 4.92 Å². The molecule has 1 aromatic carbocycles. The lowest BCUT2D eigenvalue weighted by atomic mass is 10.1. The first-order valence-electron chi connectivity index (χ1n) is 8.37. The van der Waals surface area contributed by atoms with Crippen molar-refractivity contribution < 1.29 is 9.72 Å². The number of nitrogens with one attached hydrogen (secondary N) is 1. The lowest BCUT2D eigenvalue weighted by Crippen LogP contribution is -2.42. The summed E-state index contributed by atoms with van der Waals surface area (Å²) in [6.45, 7) is 1.80. The molecule has 1 amide bonds. The second-order valence-corrected chi connectivity index (χ2v) is 7.29. The number of hydrogen-bond acceptors (Lipinski definition) is 6. The number of nitrogens with zero attached hydrogens (tertiary/aromatic N) is 3. The van der Waals surface area contributed by atoms with Crippen molar-refractivity contribution in [3.8, 4) is 10.6 Å². The highest BCUT2D eigenvalue weighted by Gasteiger charge is 2.39. The van der Waals surface area contributed by atoms with Gasteiger partial charge in [0.25, 0.3) is 11.6 Å². The Kier molecular flexibility index (Phi) is 4.22. The standard InChI is InChI=1S/C17H18N4O3S/c22-17(20-12-5-6-14(20)9-18-8-7-12)15-10-25-16(19-15)11-1-3-13(4-2-11)21(23)24/h1-4,10,12,14,18H,5-9H2. The molecule has 2 atom stereocenters. The number of rotatable bonds is 3. The zero-order valence-electron chi connectivity index (χ0n) is 13.6. The number of fused-ring (bicyclic) bond motifs is 2. The molecule has 0 saturated carbocycles. The van der Waals surface area contributed by atoms with Crippen LogP contribution in [-0.4, -0.2) is 45.9 Å². The third-order valence-electron chi connectivity index (χ3n) is 4.94. The fourth-order valence-corrected chi connectivity index (χ4v) is 4.48. The van der Waals surface area contributed by atoms with Crippen LogP contribution in [0.25, 0.3) is 10.6 Å². The number of nitro benzene ring substituents is 1. The number of benzene rings is 1. The van der Waals surface area contributed by atoms with E-state index in [9.17, 15) is 14.9 Å². The summed E-state index contributed by atoms with van der Waals surface area (Å²) >= 11 is 1.39. The van der Waals surface area contributed by atoms with Gasteiger partial charge < -0.3 is 10.2 Å². The zero-order valence-corrected chi connectivity index (χ0v) is 14.4. The molecule has 2 aliphatic rings. The molecule has 8 heteroatoms. The van der Waals surface area contributed by atoms with E-state index in [2.05, 4.69) is 10.3 Å². The number of aromatic nitrogens is 1. The van der Waals surface area contributed by atoms with Crippen LogP contribution in [0.4, 0.5) is 5.69 Å². The third-order valence-corrected chi connectivity index (χ3v) is 5.83. The van der Waals surface area contributed by atoms with Gasteiger partial charge in [-0.15, -0.1) is 11.3 Å². The van der Waals surface area contributed by atoms with E-state index in [1.807, 2.05) is 4.90 Å². The largest absolute Gasteiger partial charge is 0.330 e. The molecule has 2 aromatic rings. The maximum atomic E-state index is 13.0. The van der Waals surface area contributed by atoms with Gasteiger partial charge in [-0.05, 0) is 37.9 Å². The Morgan fingerprint density at radius 2 is 2.00 bits per heavy atom. The lowest BCUT2D eigenvalue weighted by Gasteiger charge is -2.27. The normalized spacial score (nSPS) is 22.6. The Labute approximate surface area is 148 Å². The van der Waals surface area contributed by atoms with Gasteiger partial charge in [0.1, 0.15) is 10.7 Å². The molecule has 2 bridgehead atoms. The maximum Gasteiger partial charge on any atom is 0.273 e. The molecular weight excluding hydrogens is 340 g/mol. The molecule has 1 N–H and O–H groups in total. The monoisotopic (exact) mass is 358 g/mol. The van der Waals surface area contributed by atoms with Gasteiger partial charge in [-0.1, -0.05) is 0 Å². The molecule has 4 rings (SSSR count). The molecule has 0 aliphatic carbocycles. The molecular formula is C17H18N4O3S. The van der Waals surface area contributed by atoms with Crippen molar-refractivity contribution in [3.05, 3.63) is 45.5 Å². The van der Waals surface area contributed by atoms with Crippen LogP contribution in [0.3, 0.4) is 0 Å². The average Bonchev–Trinajstić information content (AvgIpc) is 3.18. The first-order valence-corrected chi connectivity index (χ1v) is 9.25. The van der Waals surface area contributed by atoms with Gasteiger partial charge in [-0.3, -0.25) is 14.9 Å². The Balaban J connectivity index is 1.56. The van der Waals surface area contributed by atoms with Gasteiger partial charge in [0.15, 0.2) is 0 Å². The molecule has 7 nitrogen and oxygen atoms in total. The second kappa shape index (κ2) is 6.53. The predicted octanol–water partition coefficient (Wildman–Crippen LogP) is 2.68. The van der Waals surface area contributed by atoms with Gasteiger partial charge in [-0.2, -0.15) is 0 Å². The number of thiazole rings is 1. The minimum Gasteiger partial charge on any atom is -0.330 e. The van der Waals surface area contributed by atoms with Gasteiger partial charge >= 0.3 is 0 Å². The number of amides is 1. The van der Waals surface area contributed by atoms with Crippen molar-refractivity contribution in [3.63, 3.8) is 0 Å². The fraction of sp³-hybridized carbons (Fsp3) is 0.412. The van der Waals surface area contributed by atoms with Crippen LogP contribution in [0, 0.1) is 10.1 Å². The van der Waals surface area contributed by atoms with Crippen LogP contribution < -0.4 is 5.32 Å². The first-order chi connectivity index (χ1) is 12.1. The summed E-state index contributed by atoms with van der Waals surface area (Å²) in [5, 5.41) is 16.6. The van der Waals surface area contributed by atoms with Crippen LogP contribution in [-0.2, 0) is 0 Å². The van der Waals surface area contributed by atoms with Crippen molar-refractivity contribution in [1.82, 2.24) is 15.2 Å². The second-order valence-electron chi connectivity index (χ2n) is 6.43. The fourth-order valence-electron chi connectivity index (χ4n) is 3.68. The molecule has 3 heterocycles. The van der Waals surface area contributed by atoms with Crippen LogP contribution in [0.5, 0.6) is 0 Å². The number of non-ortho nitro benzene ring substituents is 1. The van der Waals surface area contributed by atoms with E-state index >= 15 is 0 Å². The highest BCUT2D eigenvalue weighted by Crippen LogP contribution is 2.31. The van der Waals surface area contributed by atoms with E-state index in [-0.39, 0.29) is 17.6 Å². The molecule has 0 spiro atoms. The molecule has 2 unspecified atom stereocenters. The van der Waals surface area contributed by atoms with E-state index in [0.29, 0.717) is 16.7 Å². The number of nitro groups is 1. The molecule has 0 radical (unpaired) electrons. The van der Waals surface area contributed by atoms with Gasteiger partial charge in [0.2, 0.25) is 0 Å². The molecule has 1 aromatic heterocycles. The zero-order chi connectivity index (χ0) is 17.4. The summed E-state index contributed by atoms with van der Waals surface area (Å²) in [6.07, 6.45) is 3.10. The van der Waals surface area contributed by atoms with Crippen molar-refractivity contribution in [1.29, 1.82) is 0 Å². The van der Waals surface area contributed by atoms with E-state index in [0.717, 1.165) is 37.9 Å². The topological polar surface area (TPSA) is 88.4 Å². The van der Waals surface area contributed by atoms with Crippen molar-refractivity contribution in [2.24, 2.45) is 0 Å². The van der Waals surface area contributed by atoms with E-state index in [1.54, 1.807) is 17.5 Å². The van der Waals surface area contributed by atoms with Crippen LogP contribution >= 0.6 is 11.3 Å². The molecule has 2 saturated heterocycles. The first kappa shape index (κ1) is 16.2. The molecule has 130 valence electrons. The highest BCUT2D eigenvalue weighted by atomic mass is 32.1. The number of carbonyl (C=O) groups is 1. The summed E-state index contributed by atoms with van der Waals surface area (Å²) in [5.41, 5.74) is 1.30. The Bertz CT molecular complexity index is 790. The van der Waals surface area contributed by atoms with Gasteiger partial charge in [0.05, 0.1) is 4.92 Å². The summed E-state index contributed by atoms with van der Waals surface area (Å²) in [6, 6.07) is 6.81. The van der Waals surface area contributed by atoms with Crippen LogP contribution in [0.1, 0.15) is 29.8 Å². The van der Waals surface area contributed by atoms with Gasteiger partial charge in [-0.25, -0.2) is 4.98 Å². The van der Waals surface area contributed by atoms with Crippen molar-refractivity contribution in [2.45, 2.75) is 31.3 Å². The van der Waals surface area contributed by atoms with Crippen molar-refractivity contribution >= 4 is 22.9 Å². The van der Waals surface area contributed by atoms with Crippen LogP contribution in [0.15, 0.2) is 29.6 Å². The third kappa shape index (κ3) is 3.03. The predicted molar refractivity (Wildman–Crippen MR) is 94.7 cm³/mol. The SMILES string of the molecule is O=C(c1csc(-c2ccc([N+](=O)[O-])cc2)n1)N1C2CCNCC1CC2. The minimum absolute atomic E-state index is 0.000566. The van der Waals surface area contributed by atoms with E-state index in [1.165, 1.54) is 23.5 Å². The Morgan fingerprint density at radius 1 is 1.24 bits per heavy atom. The highest BCUT2D eigenvalue weighted by molar-refractivity contribution is 7.13. The molecule has 2 fully saturated rings. The average molecular weight is 358 g/mol. The summed E-state index contributed by atoms with van der Waals surface area (Å²) in [4.78, 5) is 29.8. The smallest absolute Gasteiger partial charge is 0.273 e.